The molecule has 1 saturated carbocycles. The molecule has 1 aliphatic carbocycles. The van der Waals surface area contributed by atoms with Crippen LogP contribution in [0.25, 0.3) is 0 Å². The molecule has 0 heterocycles. The Morgan fingerprint density at radius 2 is 1.86 bits per heavy atom. The van der Waals surface area contributed by atoms with Crippen LogP contribution in [0.1, 0.15) is 12.0 Å². The van der Waals surface area contributed by atoms with Crippen LogP contribution in [-0.2, 0) is 10.2 Å². The van der Waals surface area contributed by atoms with Gasteiger partial charge in [0, 0.05) is 32.8 Å². The first-order chi connectivity index (χ1) is 9.79. The molecule has 0 N–H and O–H groups in total. The molecule has 2 atom stereocenters. The van der Waals surface area contributed by atoms with Gasteiger partial charge >= 0.3 is 0 Å². The first-order valence-corrected chi connectivity index (χ1v) is 6.90. The van der Waals surface area contributed by atoms with Gasteiger partial charge in [0.05, 0.1) is 10.3 Å². The summed E-state index contributed by atoms with van der Waals surface area (Å²) in [5, 5.41) is 10.8. The van der Waals surface area contributed by atoms with Gasteiger partial charge in [0.25, 0.3) is 5.69 Å². The lowest BCUT2D eigenvalue weighted by Gasteiger charge is -2.23. The maximum Gasteiger partial charge on any atom is 0.269 e. The molecule has 0 saturated heterocycles. The molecule has 1 fully saturated rings. The molecule has 1 amide bonds. The second-order valence-corrected chi connectivity index (χ2v) is 6.14. The summed E-state index contributed by atoms with van der Waals surface area (Å²) in [7, 11) is 7.47. The fourth-order valence-electron chi connectivity index (χ4n) is 3.01. The van der Waals surface area contributed by atoms with E-state index in [1.165, 1.54) is 12.1 Å². The second-order valence-electron chi connectivity index (χ2n) is 6.14. The van der Waals surface area contributed by atoms with Crippen molar-refractivity contribution in [3.05, 3.63) is 39.9 Å². The van der Waals surface area contributed by atoms with Crippen molar-refractivity contribution in [3.63, 3.8) is 0 Å². The molecule has 1 aromatic rings. The van der Waals surface area contributed by atoms with E-state index < -0.39 is 10.3 Å². The number of likely N-dealkylation sites (N-methyl/N-ethyl adjacent to an activating group) is 1. The number of carbonyl (C=O) groups excluding carboxylic acids is 1. The monoisotopic (exact) mass is 291 g/mol. The Kier molecular flexibility index (Phi) is 4.00. The van der Waals surface area contributed by atoms with Gasteiger partial charge in [0.1, 0.15) is 0 Å². The summed E-state index contributed by atoms with van der Waals surface area (Å²) in [5.41, 5.74) is 0.401. The van der Waals surface area contributed by atoms with E-state index in [1.807, 2.05) is 14.1 Å². The molecule has 21 heavy (non-hydrogen) atoms. The van der Waals surface area contributed by atoms with Gasteiger partial charge in [-0.25, -0.2) is 0 Å². The van der Waals surface area contributed by atoms with E-state index in [-0.39, 0.29) is 17.5 Å². The number of hydrogen-bond donors (Lipinski definition) is 0. The van der Waals surface area contributed by atoms with Gasteiger partial charge in [0.15, 0.2) is 0 Å². The third kappa shape index (κ3) is 2.76. The summed E-state index contributed by atoms with van der Waals surface area (Å²) in [5.74, 6) is 0.326. The van der Waals surface area contributed by atoms with Gasteiger partial charge in [-0.05, 0) is 32.0 Å². The van der Waals surface area contributed by atoms with E-state index in [0.717, 1.165) is 18.5 Å². The Morgan fingerprint density at radius 1 is 1.29 bits per heavy atom. The molecule has 6 nitrogen and oxygen atoms in total. The van der Waals surface area contributed by atoms with Crippen LogP contribution >= 0.6 is 0 Å². The van der Waals surface area contributed by atoms with Crippen LogP contribution < -0.4 is 0 Å². The number of nitro benzene ring substituents is 1. The maximum absolute atomic E-state index is 12.6. The van der Waals surface area contributed by atoms with Crippen molar-refractivity contribution in [2.75, 3.05) is 34.7 Å². The molecule has 2 unspecified atom stereocenters. The van der Waals surface area contributed by atoms with Crippen molar-refractivity contribution in [3.8, 4) is 0 Å². The predicted molar refractivity (Wildman–Crippen MR) is 80.1 cm³/mol. The highest BCUT2D eigenvalue weighted by atomic mass is 16.6. The average Bonchev–Trinajstić information content (AvgIpc) is 3.12. The number of benzene rings is 1. The number of non-ortho nitro benzene ring substituents is 1. The molecular formula is C15H21N3O3. The summed E-state index contributed by atoms with van der Waals surface area (Å²) in [6, 6.07) is 6.39. The van der Waals surface area contributed by atoms with Crippen LogP contribution in [0.3, 0.4) is 0 Å². The lowest BCUT2D eigenvalue weighted by atomic mass is 9.91. The lowest BCUT2D eigenvalue weighted by Crippen LogP contribution is -2.36. The zero-order valence-corrected chi connectivity index (χ0v) is 12.9. The van der Waals surface area contributed by atoms with Gasteiger partial charge in [-0.1, -0.05) is 12.1 Å². The molecular weight excluding hydrogens is 270 g/mol. The van der Waals surface area contributed by atoms with Gasteiger partial charge in [-0.3, -0.25) is 14.9 Å². The Balaban J connectivity index is 2.33. The van der Waals surface area contributed by atoms with Gasteiger partial charge in [-0.2, -0.15) is 0 Å². The Bertz CT molecular complexity index is 554. The van der Waals surface area contributed by atoms with Crippen LogP contribution in [0.2, 0.25) is 0 Å². The van der Waals surface area contributed by atoms with E-state index in [1.54, 1.807) is 31.1 Å². The molecule has 0 spiro atoms. The minimum Gasteiger partial charge on any atom is -0.348 e. The SMILES string of the molecule is CN(C)CC1CC1(C(=O)N(C)C)c1ccc([N+](=O)[O-])cc1. The highest BCUT2D eigenvalue weighted by Crippen LogP contribution is 2.55. The van der Waals surface area contributed by atoms with Crippen LogP contribution in [0.5, 0.6) is 0 Å². The number of nitro groups is 1. The minimum absolute atomic E-state index is 0.0519. The number of nitrogens with zero attached hydrogens (tertiary/aromatic N) is 3. The van der Waals surface area contributed by atoms with E-state index in [9.17, 15) is 14.9 Å². The summed E-state index contributed by atoms with van der Waals surface area (Å²) in [6.45, 7) is 0.830. The Morgan fingerprint density at radius 3 is 2.29 bits per heavy atom. The van der Waals surface area contributed by atoms with Crippen molar-refractivity contribution in [1.82, 2.24) is 9.80 Å². The Hall–Kier alpha value is -1.95. The number of carbonyl (C=O) groups is 1. The first kappa shape index (κ1) is 15.4. The number of hydrogen-bond acceptors (Lipinski definition) is 4. The summed E-state index contributed by atoms with van der Waals surface area (Å²) in [6.07, 6.45) is 0.792. The molecule has 2 rings (SSSR count). The quantitative estimate of drug-likeness (QED) is 0.609. The molecule has 0 aromatic heterocycles. The smallest absolute Gasteiger partial charge is 0.269 e. The van der Waals surface area contributed by atoms with Crippen LogP contribution in [0, 0.1) is 16.0 Å². The van der Waals surface area contributed by atoms with Crippen LogP contribution in [0.4, 0.5) is 5.69 Å². The summed E-state index contributed by atoms with van der Waals surface area (Å²) >= 11 is 0. The van der Waals surface area contributed by atoms with E-state index in [0.29, 0.717) is 0 Å². The second kappa shape index (κ2) is 5.44. The third-order valence-electron chi connectivity index (χ3n) is 4.07. The topological polar surface area (TPSA) is 66.7 Å². The minimum atomic E-state index is -0.525. The van der Waals surface area contributed by atoms with Crippen LogP contribution in [-0.4, -0.2) is 55.4 Å². The largest absolute Gasteiger partial charge is 0.348 e. The van der Waals surface area contributed by atoms with Gasteiger partial charge in [-0.15, -0.1) is 0 Å². The fourth-order valence-corrected chi connectivity index (χ4v) is 3.01. The van der Waals surface area contributed by atoms with E-state index in [4.69, 9.17) is 0 Å². The predicted octanol–water partition coefficient (Wildman–Crippen LogP) is 1.50. The summed E-state index contributed by atoms with van der Waals surface area (Å²) in [4.78, 5) is 26.6. The molecule has 114 valence electrons. The van der Waals surface area contributed by atoms with Gasteiger partial charge in [0.2, 0.25) is 5.91 Å². The normalized spacial score (nSPS) is 24.0. The van der Waals surface area contributed by atoms with Gasteiger partial charge < -0.3 is 9.80 Å². The van der Waals surface area contributed by atoms with Crippen molar-refractivity contribution in [2.24, 2.45) is 5.92 Å². The van der Waals surface area contributed by atoms with Crippen molar-refractivity contribution in [1.29, 1.82) is 0 Å². The lowest BCUT2D eigenvalue weighted by molar-refractivity contribution is -0.384. The molecule has 0 radical (unpaired) electrons. The standard InChI is InChI=1S/C15H21N3O3/c1-16(2)10-12-9-15(12,14(19)17(3)4)11-5-7-13(8-6-11)18(20)21/h5-8,12H,9-10H2,1-4H3. The maximum atomic E-state index is 12.6. The molecule has 1 aromatic carbocycles. The van der Waals surface area contributed by atoms with Crippen molar-refractivity contribution >= 4 is 11.6 Å². The molecule has 1 aliphatic rings. The molecule has 6 heteroatoms. The van der Waals surface area contributed by atoms with Crippen molar-refractivity contribution in [2.45, 2.75) is 11.8 Å². The van der Waals surface area contributed by atoms with E-state index >= 15 is 0 Å². The zero-order valence-electron chi connectivity index (χ0n) is 12.9. The van der Waals surface area contributed by atoms with Crippen LogP contribution in [0.15, 0.2) is 24.3 Å². The highest BCUT2D eigenvalue weighted by Gasteiger charge is 2.61. The van der Waals surface area contributed by atoms with E-state index in [2.05, 4.69) is 4.90 Å². The highest BCUT2D eigenvalue weighted by molar-refractivity contribution is 5.92. The summed E-state index contributed by atoms with van der Waals surface area (Å²) < 4.78 is 0. The molecule has 0 bridgehead atoms. The average molecular weight is 291 g/mol. The first-order valence-electron chi connectivity index (χ1n) is 6.90. The molecule has 0 aliphatic heterocycles. The number of rotatable bonds is 5. The zero-order chi connectivity index (χ0) is 15.8. The number of amides is 1. The fraction of sp³-hybridized carbons (Fsp3) is 0.533. The third-order valence-corrected chi connectivity index (χ3v) is 4.07. The Labute approximate surface area is 124 Å². The van der Waals surface area contributed by atoms with Crippen molar-refractivity contribution < 1.29 is 9.72 Å².